The number of unbranched alkanes of at least 4 members (excludes halogenated alkanes) is 11. The van der Waals surface area contributed by atoms with Gasteiger partial charge in [0.05, 0.1) is 0 Å². The Labute approximate surface area is 263 Å². The van der Waals surface area contributed by atoms with Crippen LogP contribution in [0.15, 0.2) is 0 Å². The van der Waals surface area contributed by atoms with E-state index in [2.05, 4.69) is 0 Å². The van der Waals surface area contributed by atoms with Gasteiger partial charge in [0, 0.05) is 6.42 Å². The van der Waals surface area contributed by atoms with Crippen molar-refractivity contribution in [3.63, 3.8) is 0 Å². The van der Waals surface area contributed by atoms with Crippen LogP contribution < -0.4 is 29.6 Å². The van der Waals surface area contributed by atoms with Crippen molar-refractivity contribution >= 4 is 38.0 Å². The molecule has 39 heavy (non-hydrogen) atoms. The summed E-state index contributed by atoms with van der Waals surface area (Å²) in [5.74, 6) is 0. The van der Waals surface area contributed by atoms with Crippen LogP contribution in [-0.2, 0) is 10.1 Å². The smallest absolute Gasteiger partial charge is 0.743 e. The van der Waals surface area contributed by atoms with E-state index in [1.54, 1.807) is 0 Å². The molecule has 226 valence electrons. The third-order valence-corrected chi connectivity index (χ3v) is 6.86. The van der Waals surface area contributed by atoms with Gasteiger partial charge in [0.2, 0.25) is 0 Å². The first-order valence-corrected chi connectivity index (χ1v) is 15.0. The minimum atomic E-state index is -6.04. The van der Waals surface area contributed by atoms with Gasteiger partial charge in [-0.05, 0) is 12.8 Å². The predicted molar refractivity (Wildman–Crippen MR) is 121 cm³/mol. The van der Waals surface area contributed by atoms with Gasteiger partial charge in [-0.3, -0.25) is 0 Å². The summed E-state index contributed by atoms with van der Waals surface area (Å²) in [5, 5.41) is -4.94. The summed E-state index contributed by atoms with van der Waals surface area (Å²) in [6.45, 7) is 0. The molecule has 0 aliphatic heterocycles. The summed E-state index contributed by atoms with van der Waals surface area (Å²) < 4.78 is 162. The molecule has 0 bridgehead atoms. The number of hydrogen-bond donors (Lipinski definition) is 0. The summed E-state index contributed by atoms with van der Waals surface area (Å²) in [6.07, 6.45) is -7.80. The number of halogens is 11. The molecule has 17 heteroatoms. The summed E-state index contributed by atoms with van der Waals surface area (Å²) in [6, 6.07) is 0. The second-order valence-electron chi connectivity index (χ2n) is 9.42. The molecule has 1 unspecified atom stereocenters. The molecule has 0 aliphatic rings. The zero-order valence-electron chi connectivity index (χ0n) is 22.4. The van der Waals surface area contributed by atoms with Crippen molar-refractivity contribution in [1.29, 1.82) is 0 Å². The zero-order valence-corrected chi connectivity index (χ0v) is 27.2. The third kappa shape index (κ3) is 30.4. The number of hydrogen-bond acceptors (Lipinski definition) is 3. The van der Waals surface area contributed by atoms with Crippen molar-refractivity contribution in [2.45, 2.75) is 136 Å². The van der Waals surface area contributed by atoms with Crippen molar-refractivity contribution < 1.29 is 90.8 Å². The van der Waals surface area contributed by atoms with Crippen LogP contribution in [0.3, 0.4) is 0 Å². The minimum Gasteiger partial charge on any atom is -0.743 e. The van der Waals surface area contributed by atoms with Crippen LogP contribution in [0.1, 0.15) is 109 Å². The Balaban J connectivity index is -0.000000662. The van der Waals surface area contributed by atoms with Gasteiger partial charge in [-0.1, -0.05) is 32.1 Å². The van der Waals surface area contributed by atoms with Crippen molar-refractivity contribution in [1.82, 2.24) is 0 Å². The average Bonchev–Trinajstić information content (AvgIpc) is 2.71. The molecule has 3 nitrogen and oxygen atoms in total. The maximum absolute atomic E-state index is 13.0. The molecule has 0 aromatic rings. The van der Waals surface area contributed by atoms with E-state index in [1.165, 1.54) is 0 Å². The fraction of sp³-hybridized carbons (Fsp3) is 1.00. The molecular weight excluding hydrogens is 599 g/mol. The molecule has 0 rings (SSSR count). The fourth-order valence-corrected chi connectivity index (χ4v) is 4.11. The molecule has 1 atom stereocenters. The Morgan fingerprint density at radius 3 is 1.13 bits per heavy atom. The normalized spacial score (nSPS) is 13.9. The van der Waals surface area contributed by atoms with Crippen LogP contribution in [0.25, 0.3) is 0 Å². The molecule has 0 spiro atoms. The third-order valence-electron chi connectivity index (χ3n) is 5.44. The second-order valence-corrected chi connectivity index (χ2v) is 12.3. The number of rotatable bonds is 19. The quantitative estimate of drug-likeness (QED) is 0.0762. The Hall–Kier alpha value is 1.14. The van der Waals surface area contributed by atoms with Gasteiger partial charge in [-0.15, -0.1) is 0 Å². The maximum atomic E-state index is 13.0. The molecule has 0 N–H and O–H groups in total. The summed E-state index contributed by atoms with van der Waals surface area (Å²) in [4.78, 5) is 0. The molecule has 0 radical (unpaired) electrons. The minimum absolute atomic E-state index is 0. The van der Waals surface area contributed by atoms with Crippen molar-refractivity contribution in [2.75, 3.05) is 0 Å². The van der Waals surface area contributed by atoms with E-state index in [9.17, 15) is 61.3 Å². The molecule has 0 saturated carbocycles. The van der Waals surface area contributed by atoms with Crippen LogP contribution >= 0.6 is 0 Å². The van der Waals surface area contributed by atoms with E-state index in [-0.39, 0.29) is 89.6 Å². The summed E-state index contributed by atoms with van der Waals surface area (Å²) in [7, 11) is -6.04. The van der Waals surface area contributed by atoms with Gasteiger partial charge in [-0.25, -0.2) is 12.8 Å². The molecule has 0 amide bonds. The zero-order chi connectivity index (χ0) is 30.1. The summed E-state index contributed by atoms with van der Waals surface area (Å²) >= 11 is -0.0959. The molecule has 0 aromatic heterocycles. The molecule has 0 saturated heterocycles. The van der Waals surface area contributed by atoms with Gasteiger partial charge in [0.15, 0.2) is 16.3 Å². The molecule has 0 heterocycles. The van der Waals surface area contributed by atoms with Gasteiger partial charge in [-0.2, -0.15) is 22.0 Å². The van der Waals surface area contributed by atoms with Gasteiger partial charge in [0.1, 0.15) is 0 Å². The van der Waals surface area contributed by atoms with Crippen LogP contribution in [-0.4, -0.2) is 67.9 Å². The summed E-state index contributed by atoms with van der Waals surface area (Å²) in [5.41, 5.74) is 0. The van der Waals surface area contributed by atoms with Crippen molar-refractivity contribution in [3.05, 3.63) is 0 Å². The van der Waals surface area contributed by atoms with E-state index >= 15 is 0 Å². The van der Waals surface area contributed by atoms with Crippen LogP contribution in [0.4, 0.5) is 48.3 Å². The first kappa shape index (κ1) is 44.6. The molecule has 0 aromatic carbocycles. The fourth-order valence-electron chi connectivity index (χ4n) is 3.33. The Kier molecular flexibility index (Phi) is 24.9. The second kappa shape index (κ2) is 21.8. The molecule has 0 fully saturated rings. The predicted octanol–water partition coefficient (Wildman–Crippen LogP) is 5.97. The van der Waals surface area contributed by atoms with E-state index in [1.807, 2.05) is 0 Å². The van der Waals surface area contributed by atoms with Gasteiger partial charge >= 0.3 is 158 Å². The maximum Gasteiger partial charge on any atom is 1.00 e. The largest absolute Gasteiger partial charge is 1.00 e. The molecular formula is C22H35F11Na2O3S. The standard InChI is InChI=1S/C11H18F6O3S.C11H18F5.2Na/c12-9(11(16,17)21(18,19)20)7-5-3-1-2-4-6-8-10(13,14)15;12-10(13)8-6-4-2-1-3-5-7-9-11(14,15)16;;/h9H,1-8H2,(H,18,19,20);1-9H2;;/q;;;+1/p-1. The Bertz CT molecular complexity index is 679. The van der Waals surface area contributed by atoms with Crippen molar-refractivity contribution in [3.8, 4) is 0 Å². The van der Waals surface area contributed by atoms with E-state index in [0.29, 0.717) is 32.1 Å². The van der Waals surface area contributed by atoms with E-state index in [0.717, 1.165) is 25.7 Å². The van der Waals surface area contributed by atoms with Crippen molar-refractivity contribution in [2.24, 2.45) is 0 Å². The van der Waals surface area contributed by atoms with Gasteiger partial charge in [0.25, 0.3) is 0 Å². The van der Waals surface area contributed by atoms with Crippen LogP contribution in [0.5, 0.6) is 0 Å². The SMILES string of the molecule is FC(F)(F)CCCCCCCCC[C](F)(F)[Na].O=S(=O)([O-])C(F)(F)C(F)CCCCCCCCC(F)(F)F.[Na+]. The van der Waals surface area contributed by atoms with Gasteiger partial charge < -0.3 is 4.55 Å². The number of alkyl halides is 11. The monoisotopic (exact) mass is 634 g/mol. The topological polar surface area (TPSA) is 57.2 Å². The average molecular weight is 635 g/mol. The van der Waals surface area contributed by atoms with Crippen LogP contribution in [0, 0.1) is 0 Å². The van der Waals surface area contributed by atoms with E-state index in [4.69, 9.17) is 0 Å². The first-order valence-electron chi connectivity index (χ1n) is 12.6. The Morgan fingerprint density at radius 2 is 0.846 bits per heavy atom. The first-order chi connectivity index (χ1) is 17.1. The van der Waals surface area contributed by atoms with E-state index < -0.39 is 56.3 Å². The molecule has 0 aliphatic carbocycles. The Morgan fingerprint density at radius 1 is 0.564 bits per heavy atom. The van der Waals surface area contributed by atoms with Crippen LogP contribution in [0.2, 0.25) is 0 Å².